The molecule has 0 aliphatic carbocycles. The first-order valence-electron chi connectivity index (χ1n) is 11.4. The molecule has 2 aliphatic rings. The summed E-state index contributed by atoms with van der Waals surface area (Å²) in [5, 5.41) is 3.55. The maximum absolute atomic E-state index is 13.4. The minimum atomic E-state index is -3.46. The van der Waals surface area contributed by atoms with Crippen molar-refractivity contribution in [3.63, 3.8) is 0 Å². The van der Waals surface area contributed by atoms with Gasteiger partial charge in [0.2, 0.25) is 15.1 Å². The molecule has 0 spiro atoms. The van der Waals surface area contributed by atoms with E-state index in [1.54, 1.807) is 31.2 Å². The van der Waals surface area contributed by atoms with Gasteiger partial charge in [0.05, 0.1) is 30.4 Å². The SMILES string of the molecule is CC1=C(C(=O)OCCN(C)Cc2ccccc2)C(c2ccccc2Cl)C2=C(COCC[S+]2(=O)O)N1. The van der Waals surface area contributed by atoms with Gasteiger partial charge in [0, 0.05) is 23.8 Å². The highest BCUT2D eigenvalue weighted by molar-refractivity contribution is 8.01. The molecule has 0 aromatic heterocycles. The molecule has 2 unspecified atom stereocenters. The molecule has 0 saturated carbocycles. The van der Waals surface area contributed by atoms with Gasteiger partial charge in [-0.15, -0.1) is 0 Å². The number of benzene rings is 2. The molecular formula is C26H30ClN2O5S+. The van der Waals surface area contributed by atoms with Gasteiger partial charge in [-0.2, -0.15) is 4.55 Å². The van der Waals surface area contributed by atoms with E-state index in [0.29, 0.717) is 28.5 Å². The molecule has 0 bridgehead atoms. The first-order valence-corrected chi connectivity index (χ1v) is 13.5. The fourth-order valence-electron chi connectivity index (χ4n) is 4.44. The van der Waals surface area contributed by atoms with Crippen molar-refractivity contribution < 1.29 is 23.0 Å². The number of nitrogens with zero attached hydrogens (tertiary/aromatic N) is 1. The summed E-state index contributed by atoms with van der Waals surface area (Å²) >= 11 is 6.53. The van der Waals surface area contributed by atoms with Gasteiger partial charge in [-0.3, -0.25) is 4.90 Å². The number of halogens is 1. The van der Waals surface area contributed by atoms with Crippen LogP contribution in [0.25, 0.3) is 0 Å². The van der Waals surface area contributed by atoms with Gasteiger partial charge in [0.1, 0.15) is 6.61 Å². The number of allylic oxidation sites excluding steroid dienone is 2. The maximum Gasteiger partial charge on any atom is 0.336 e. The van der Waals surface area contributed by atoms with Gasteiger partial charge in [0.25, 0.3) is 0 Å². The normalized spacial score (nSPS) is 22.5. The average Bonchev–Trinajstić information content (AvgIpc) is 2.96. The summed E-state index contributed by atoms with van der Waals surface area (Å²) < 4.78 is 35.6. The van der Waals surface area contributed by atoms with Crippen molar-refractivity contribution in [2.75, 3.05) is 39.2 Å². The lowest BCUT2D eigenvalue weighted by Crippen LogP contribution is -2.36. The fraction of sp³-hybridized carbons (Fsp3) is 0.346. The number of hydrogen-bond acceptors (Lipinski definition) is 6. The molecule has 2 N–H and O–H groups in total. The van der Waals surface area contributed by atoms with Crippen LogP contribution in [0.15, 0.2) is 76.5 Å². The molecule has 186 valence electrons. The Bertz CT molecular complexity index is 1200. The number of dihydropyridines is 1. The molecule has 2 heterocycles. The van der Waals surface area contributed by atoms with Gasteiger partial charge in [0.15, 0.2) is 5.75 Å². The van der Waals surface area contributed by atoms with Crippen LogP contribution in [-0.4, -0.2) is 54.6 Å². The summed E-state index contributed by atoms with van der Waals surface area (Å²) in [5.41, 5.74) is 3.09. The first-order chi connectivity index (χ1) is 16.8. The summed E-state index contributed by atoms with van der Waals surface area (Å²) in [6, 6.07) is 17.1. The topological polar surface area (TPSA) is 88.1 Å². The third kappa shape index (κ3) is 5.85. The van der Waals surface area contributed by atoms with Crippen molar-refractivity contribution in [1.82, 2.24) is 10.2 Å². The standard InChI is InChI=1S/C26H29ClN2O5S/c1-18-23(26(30)34-13-12-29(2)16-19-8-4-3-5-9-19)24(20-10-6-7-11-21(20)27)25-22(28-18)17-33-14-15-35(25,31)32/h3-11,24H,12-17H2,1-2H3,(H-,28,30,31,32)/p+1. The predicted molar refractivity (Wildman–Crippen MR) is 137 cm³/mol. The van der Waals surface area contributed by atoms with E-state index in [9.17, 15) is 13.6 Å². The lowest BCUT2D eigenvalue weighted by atomic mass is 9.86. The molecule has 35 heavy (non-hydrogen) atoms. The van der Waals surface area contributed by atoms with Gasteiger partial charge in [-0.1, -0.05) is 64.3 Å². The van der Waals surface area contributed by atoms with E-state index in [4.69, 9.17) is 21.1 Å². The minimum absolute atomic E-state index is 0.0554. The van der Waals surface area contributed by atoms with E-state index < -0.39 is 22.1 Å². The van der Waals surface area contributed by atoms with Crippen LogP contribution >= 0.6 is 11.6 Å². The zero-order valence-corrected chi connectivity index (χ0v) is 21.4. The van der Waals surface area contributed by atoms with Gasteiger partial charge < -0.3 is 14.8 Å². The molecule has 2 aromatic carbocycles. The largest absolute Gasteiger partial charge is 0.461 e. The van der Waals surface area contributed by atoms with E-state index >= 15 is 0 Å². The molecule has 4 rings (SSSR count). The number of hydrogen-bond donors (Lipinski definition) is 2. The van der Waals surface area contributed by atoms with Gasteiger partial charge in [-0.25, -0.2) is 4.79 Å². The summed E-state index contributed by atoms with van der Waals surface area (Å²) in [4.78, 5) is 15.7. The smallest absolute Gasteiger partial charge is 0.336 e. The summed E-state index contributed by atoms with van der Waals surface area (Å²) in [6.45, 7) is 3.50. The number of likely N-dealkylation sites (N-methyl/N-ethyl adjacent to an activating group) is 1. The second-order valence-electron chi connectivity index (χ2n) is 8.72. The van der Waals surface area contributed by atoms with Crippen molar-refractivity contribution in [1.29, 1.82) is 0 Å². The Morgan fingerprint density at radius 2 is 1.94 bits per heavy atom. The van der Waals surface area contributed by atoms with E-state index in [0.717, 1.165) is 6.54 Å². The Balaban J connectivity index is 1.58. The van der Waals surface area contributed by atoms with Gasteiger partial charge >= 0.3 is 5.97 Å². The molecule has 0 fully saturated rings. The van der Waals surface area contributed by atoms with E-state index in [-0.39, 0.29) is 36.1 Å². The van der Waals surface area contributed by atoms with Crippen LogP contribution in [0.1, 0.15) is 24.0 Å². The van der Waals surface area contributed by atoms with Crippen molar-refractivity contribution in [3.8, 4) is 0 Å². The Kier molecular flexibility index (Phi) is 8.09. The Morgan fingerprint density at radius 1 is 1.23 bits per heavy atom. The van der Waals surface area contributed by atoms with E-state index in [1.165, 1.54) is 5.56 Å². The number of carbonyl (C=O) groups excluding carboxylic acids is 1. The van der Waals surface area contributed by atoms with E-state index in [1.807, 2.05) is 37.4 Å². The van der Waals surface area contributed by atoms with Crippen molar-refractivity contribution in [2.45, 2.75) is 19.4 Å². The maximum atomic E-state index is 13.4. The zero-order chi connectivity index (χ0) is 25.0. The molecule has 2 atom stereocenters. The molecular weight excluding hydrogens is 488 g/mol. The third-order valence-corrected chi connectivity index (χ3v) is 8.36. The molecule has 7 nitrogen and oxygen atoms in total. The van der Waals surface area contributed by atoms with Crippen molar-refractivity contribution in [3.05, 3.63) is 92.6 Å². The van der Waals surface area contributed by atoms with Crippen molar-refractivity contribution in [2.24, 2.45) is 0 Å². The van der Waals surface area contributed by atoms with Crippen LogP contribution < -0.4 is 5.32 Å². The lowest BCUT2D eigenvalue weighted by Gasteiger charge is -2.29. The molecule has 9 heteroatoms. The average molecular weight is 518 g/mol. The Labute approximate surface area is 212 Å². The van der Waals surface area contributed by atoms with Crippen LogP contribution in [0.4, 0.5) is 0 Å². The quantitative estimate of drug-likeness (QED) is 0.420. The summed E-state index contributed by atoms with van der Waals surface area (Å²) in [7, 11) is -1.50. The Morgan fingerprint density at radius 3 is 2.69 bits per heavy atom. The molecule has 0 saturated heterocycles. The first kappa shape index (κ1) is 25.6. The number of carbonyl (C=O) groups is 1. The molecule has 2 aliphatic heterocycles. The number of nitrogens with one attached hydrogen (secondary N) is 1. The number of ether oxygens (including phenoxy) is 2. The highest BCUT2D eigenvalue weighted by Gasteiger charge is 2.49. The Hall–Kier alpha value is -2.49. The van der Waals surface area contributed by atoms with E-state index in [2.05, 4.69) is 10.2 Å². The highest BCUT2D eigenvalue weighted by atomic mass is 35.5. The van der Waals surface area contributed by atoms with Crippen LogP contribution in [0.2, 0.25) is 5.02 Å². The number of rotatable bonds is 7. The van der Waals surface area contributed by atoms with Crippen LogP contribution in [0, 0.1) is 0 Å². The third-order valence-electron chi connectivity index (χ3n) is 6.12. The molecule has 0 radical (unpaired) electrons. The van der Waals surface area contributed by atoms with Crippen LogP contribution in [0.3, 0.4) is 0 Å². The molecule has 0 amide bonds. The number of esters is 1. The highest BCUT2D eigenvalue weighted by Crippen LogP contribution is 2.45. The monoisotopic (exact) mass is 517 g/mol. The fourth-order valence-corrected chi connectivity index (χ4v) is 6.36. The second kappa shape index (κ2) is 11.1. The van der Waals surface area contributed by atoms with Crippen molar-refractivity contribution >= 4 is 27.8 Å². The second-order valence-corrected chi connectivity index (χ2v) is 11.3. The van der Waals surface area contributed by atoms with Gasteiger partial charge in [-0.05, 0) is 31.2 Å². The summed E-state index contributed by atoms with van der Waals surface area (Å²) in [6.07, 6.45) is 0. The predicted octanol–water partition coefficient (Wildman–Crippen LogP) is 4.19. The molecule has 2 aromatic rings. The summed E-state index contributed by atoms with van der Waals surface area (Å²) in [5.74, 6) is -1.41. The zero-order valence-electron chi connectivity index (χ0n) is 19.8. The lowest BCUT2D eigenvalue weighted by molar-refractivity contribution is -0.139. The minimum Gasteiger partial charge on any atom is -0.461 e. The van der Waals surface area contributed by atoms with Crippen LogP contribution in [0.5, 0.6) is 0 Å². The van der Waals surface area contributed by atoms with Crippen LogP contribution in [-0.2, 0) is 35.2 Å².